The summed E-state index contributed by atoms with van der Waals surface area (Å²) in [6.07, 6.45) is 1.42. The van der Waals surface area contributed by atoms with E-state index in [1.165, 1.54) is 4.31 Å². The fraction of sp³-hybridized carbons (Fsp3) is 0.417. The van der Waals surface area contributed by atoms with Crippen LogP contribution in [0, 0.1) is 17.2 Å². The molecule has 1 amide bonds. The smallest absolute Gasteiger partial charge is 0.243 e. The van der Waals surface area contributed by atoms with Gasteiger partial charge in [-0.2, -0.15) is 9.57 Å². The molecule has 0 aromatic heterocycles. The number of piperazine rings is 1. The molecule has 32 heavy (non-hydrogen) atoms. The number of amides is 1. The van der Waals surface area contributed by atoms with Crippen LogP contribution < -0.4 is 0 Å². The lowest BCUT2D eigenvalue weighted by atomic mass is 9.97. The molecule has 0 bridgehead atoms. The van der Waals surface area contributed by atoms with Crippen LogP contribution in [0.1, 0.15) is 24.0 Å². The number of rotatable bonds is 5. The number of nitriles is 1. The third-order valence-electron chi connectivity index (χ3n) is 6.29. The van der Waals surface area contributed by atoms with Crippen molar-refractivity contribution < 1.29 is 13.2 Å². The first-order chi connectivity index (χ1) is 15.5. The summed E-state index contributed by atoms with van der Waals surface area (Å²) in [4.78, 5) is 17.6. The predicted octanol–water partition coefficient (Wildman–Crippen LogP) is 2.30. The number of sulfonamides is 1. The molecule has 1 atom stereocenters. The van der Waals surface area contributed by atoms with Gasteiger partial charge >= 0.3 is 0 Å². The number of hydrogen-bond donors (Lipinski definition) is 0. The Bertz CT molecular complexity index is 1070. The quantitative estimate of drug-likeness (QED) is 0.695. The van der Waals surface area contributed by atoms with Crippen LogP contribution in [0.2, 0.25) is 0 Å². The third kappa shape index (κ3) is 5.01. The molecule has 7 nitrogen and oxygen atoms in total. The molecule has 2 heterocycles. The Kier molecular flexibility index (Phi) is 6.89. The number of nitrogens with zero attached hydrogens (tertiary/aromatic N) is 4. The summed E-state index contributed by atoms with van der Waals surface area (Å²) in [6, 6.07) is 18.2. The lowest BCUT2D eigenvalue weighted by Gasteiger charge is -2.38. The Hall–Kier alpha value is -2.73. The van der Waals surface area contributed by atoms with E-state index in [4.69, 9.17) is 5.26 Å². The summed E-state index contributed by atoms with van der Waals surface area (Å²) in [6.45, 7) is 4.37. The van der Waals surface area contributed by atoms with Crippen molar-refractivity contribution in [3.63, 3.8) is 0 Å². The summed E-state index contributed by atoms with van der Waals surface area (Å²) in [5.74, 6) is -0.219. The summed E-state index contributed by atoms with van der Waals surface area (Å²) in [5, 5.41) is 8.92. The Balaban J connectivity index is 1.32. The van der Waals surface area contributed by atoms with E-state index < -0.39 is 10.0 Å². The molecule has 0 N–H and O–H groups in total. The Morgan fingerprint density at radius 2 is 1.66 bits per heavy atom. The van der Waals surface area contributed by atoms with Crippen LogP contribution >= 0.6 is 0 Å². The van der Waals surface area contributed by atoms with Gasteiger partial charge in [0, 0.05) is 45.8 Å². The van der Waals surface area contributed by atoms with Crippen molar-refractivity contribution in [2.45, 2.75) is 24.3 Å². The molecule has 2 aromatic rings. The molecule has 4 rings (SSSR count). The van der Waals surface area contributed by atoms with Gasteiger partial charge in [-0.25, -0.2) is 8.42 Å². The van der Waals surface area contributed by atoms with E-state index in [9.17, 15) is 13.2 Å². The van der Waals surface area contributed by atoms with E-state index >= 15 is 0 Å². The highest BCUT2D eigenvalue weighted by Gasteiger charge is 2.35. The molecule has 0 radical (unpaired) electrons. The molecule has 0 saturated carbocycles. The van der Waals surface area contributed by atoms with E-state index in [2.05, 4.69) is 11.0 Å². The number of piperidine rings is 1. The fourth-order valence-electron chi connectivity index (χ4n) is 4.43. The summed E-state index contributed by atoms with van der Waals surface area (Å²) < 4.78 is 27.4. The molecule has 2 aliphatic rings. The van der Waals surface area contributed by atoms with Crippen LogP contribution in [-0.2, 0) is 21.4 Å². The van der Waals surface area contributed by atoms with Crippen LogP contribution in [0.25, 0.3) is 0 Å². The molecule has 0 aliphatic carbocycles. The van der Waals surface area contributed by atoms with Gasteiger partial charge in [-0.3, -0.25) is 9.69 Å². The average Bonchev–Trinajstić information content (AvgIpc) is 2.85. The molecular weight excluding hydrogens is 424 g/mol. The van der Waals surface area contributed by atoms with Gasteiger partial charge in [-0.05, 0) is 42.7 Å². The van der Waals surface area contributed by atoms with Crippen LogP contribution in [0.3, 0.4) is 0 Å². The molecule has 8 heteroatoms. The lowest BCUT2D eigenvalue weighted by Crippen LogP contribution is -2.52. The molecule has 0 spiro atoms. The first-order valence-corrected chi connectivity index (χ1v) is 12.5. The van der Waals surface area contributed by atoms with Crippen molar-refractivity contribution in [1.29, 1.82) is 5.26 Å². The maximum Gasteiger partial charge on any atom is 0.243 e. The molecule has 168 valence electrons. The number of carbonyl (C=O) groups excluding carboxylic acids is 1. The highest BCUT2D eigenvalue weighted by atomic mass is 32.2. The normalized spacial score (nSPS) is 20.6. The fourth-order valence-corrected chi connectivity index (χ4v) is 5.98. The Morgan fingerprint density at radius 3 is 2.31 bits per heavy atom. The highest BCUT2D eigenvalue weighted by Crippen LogP contribution is 2.25. The first-order valence-electron chi connectivity index (χ1n) is 11.0. The zero-order valence-corrected chi connectivity index (χ0v) is 18.9. The standard InChI is InChI=1S/C24H28N4O3S/c25-17-20-8-10-21(11-9-20)18-26-13-15-27(16-14-26)24(29)22-5-4-12-28(19-22)32(30,31)23-6-2-1-3-7-23/h1-3,6-11,22H,4-5,12-16,18-19H2. The second kappa shape index (κ2) is 9.82. The van der Waals surface area contributed by atoms with Gasteiger partial charge < -0.3 is 4.90 Å². The topological polar surface area (TPSA) is 84.7 Å². The predicted molar refractivity (Wildman–Crippen MR) is 121 cm³/mol. The van der Waals surface area contributed by atoms with Crippen molar-refractivity contribution >= 4 is 15.9 Å². The SMILES string of the molecule is N#Cc1ccc(CN2CCN(C(=O)C3CCCN(S(=O)(=O)c4ccccc4)C3)CC2)cc1. The molecular formula is C24H28N4O3S. The van der Waals surface area contributed by atoms with Gasteiger partial charge in [0.05, 0.1) is 22.4 Å². The van der Waals surface area contributed by atoms with Gasteiger partial charge in [0.25, 0.3) is 0 Å². The first kappa shape index (κ1) is 22.5. The van der Waals surface area contributed by atoms with Crippen LogP contribution in [0.5, 0.6) is 0 Å². The molecule has 2 saturated heterocycles. The molecule has 2 aromatic carbocycles. The van der Waals surface area contributed by atoms with Crippen molar-refractivity contribution in [3.05, 3.63) is 65.7 Å². The highest BCUT2D eigenvalue weighted by molar-refractivity contribution is 7.89. The van der Waals surface area contributed by atoms with Gasteiger partial charge in [0.15, 0.2) is 0 Å². The monoisotopic (exact) mass is 452 g/mol. The van der Waals surface area contributed by atoms with Crippen molar-refractivity contribution in [2.24, 2.45) is 5.92 Å². The van der Waals surface area contributed by atoms with E-state index in [0.717, 1.165) is 31.6 Å². The molecule has 2 fully saturated rings. The van der Waals surface area contributed by atoms with Gasteiger partial charge in [-0.15, -0.1) is 0 Å². The van der Waals surface area contributed by atoms with E-state index in [0.29, 0.717) is 31.6 Å². The second-order valence-corrected chi connectivity index (χ2v) is 10.4. The maximum absolute atomic E-state index is 13.2. The minimum atomic E-state index is -3.57. The summed E-state index contributed by atoms with van der Waals surface area (Å²) in [7, 11) is -3.57. The summed E-state index contributed by atoms with van der Waals surface area (Å²) >= 11 is 0. The number of benzene rings is 2. The molecule has 2 aliphatic heterocycles. The van der Waals surface area contributed by atoms with Crippen LogP contribution in [0.15, 0.2) is 59.5 Å². The van der Waals surface area contributed by atoms with E-state index in [1.807, 2.05) is 29.2 Å². The zero-order valence-electron chi connectivity index (χ0n) is 18.1. The second-order valence-electron chi connectivity index (χ2n) is 8.43. The Morgan fingerprint density at radius 1 is 0.969 bits per heavy atom. The third-order valence-corrected chi connectivity index (χ3v) is 8.17. The van der Waals surface area contributed by atoms with E-state index in [1.54, 1.807) is 30.3 Å². The number of carbonyl (C=O) groups is 1. The Labute approximate surface area is 189 Å². The minimum Gasteiger partial charge on any atom is -0.340 e. The average molecular weight is 453 g/mol. The van der Waals surface area contributed by atoms with Crippen molar-refractivity contribution in [1.82, 2.24) is 14.1 Å². The van der Waals surface area contributed by atoms with Crippen molar-refractivity contribution in [3.8, 4) is 6.07 Å². The minimum absolute atomic E-state index is 0.0657. The van der Waals surface area contributed by atoms with Gasteiger partial charge in [0.2, 0.25) is 15.9 Å². The number of hydrogen-bond acceptors (Lipinski definition) is 5. The van der Waals surface area contributed by atoms with E-state index in [-0.39, 0.29) is 23.3 Å². The van der Waals surface area contributed by atoms with Crippen LogP contribution in [0.4, 0.5) is 0 Å². The van der Waals surface area contributed by atoms with Crippen molar-refractivity contribution in [2.75, 3.05) is 39.3 Å². The maximum atomic E-state index is 13.2. The summed E-state index contributed by atoms with van der Waals surface area (Å²) in [5.41, 5.74) is 1.80. The van der Waals surface area contributed by atoms with Gasteiger partial charge in [-0.1, -0.05) is 30.3 Å². The largest absolute Gasteiger partial charge is 0.340 e. The zero-order chi connectivity index (χ0) is 22.6. The molecule has 1 unspecified atom stereocenters. The lowest BCUT2D eigenvalue weighted by molar-refractivity contribution is -0.138. The van der Waals surface area contributed by atoms with Crippen LogP contribution in [-0.4, -0.2) is 67.7 Å². The van der Waals surface area contributed by atoms with Gasteiger partial charge in [0.1, 0.15) is 0 Å².